The Balaban J connectivity index is 1.24. The molecular weight excluding hydrogens is 489 g/mol. The third-order valence-corrected chi connectivity index (χ3v) is 7.27. The van der Waals surface area contributed by atoms with Crippen molar-refractivity contribution >= 4 is 33.2 Å². The number of hydrogen-bond acceptors (Lipinski definition) is 5. The van der Waals surface area contributed by atoms with E-state index in [4.69, 9.17) is 0 Å². The highest BCUT2D eigenvalue weighted by molar-refractivity contribution is 7.19. The molecule has 2 amide bonds. The largest absolute Gasteiger partial charge is 0.425 e. The number of aromatic nitrogens is 2. The molecule has 4 aromatic rings. The predicted octanol–water partition coefficient (Wildman–Crippen LogP) is 5.37. The van der Waals surface area contributed by atoms with Crippen molar-refractivity contribution in [1.29, 1.82) is 0 Å². The van der Waals surface area contributed by atoms with Gasteiger partial charge in [-0.25, -0.2) is 9.97 Å². The molecule has 0 fully saturated rings. The Hall–Kier alpha value is -3.79. The van der Waals surface area contributed by atoms with Crippen molar-refractivity contribution in [2.75, 3.05) is 0 Å². The minimum Gasteiger partial charge on any atom is -0.347 e. The fraction of sp³-hybridized carbons (Fsp3) is 0.231. The van der Waals surface area contributed by atoms with Crippen LogP contribution in [-0.4, -0.2) is 21.8 Å². The highest BCUT2D eigenvalue weighted by Gasteiger charge is 2.32. The molecule has 2 aromatic heterocycles. The summed E-state index contributed by atoms with van der Waals surface area (Å²) in [6.45, 7) is 2.13. The van der Waals surface area contributed by atoms with Gasteiger partial charge >= 0.3 is 6.18 Å². The van der Waals surface area contributed by atoms with Gasteiger partial charge in [0.25, 0.3) is 11.8 Å². The minimum atomic E-state index is -4.39. The number of halogens is 3. The van der Waals surface area contributed by atoms with E-state index < -0.39 is 22.9 Å². The van der Waals surface area contributed by atoms with Crippen LogP contribution in [0.2, 0.25) is 0 Å². The number of rotatable bonds is 5. The van der Waals surface area contributed by atoms with Crippen molar-refractivity contribution in [3.05, 3.63) is 93.4 Å². The predicted molar refractivity (Wildman–Crippen MR) is 130 cm³/mol. The van der Waals surface area contributed by atoms with Crippen LogP contribution >= 0.6 is 11.3 Å². The summed E-state index contributed by atoms with van der Waals surface area (Å²) in [4.78, 5) is 32.8. The topological polar surface area (TPSA) is 84.0 Å². The maximum Gasteiger partial charge on any atom is 0.425 e. The first-order valence-electron chi connectivity index (χ1n) is 11.3. The summed E-state index contributed by atoms with van der Waals surface area (Å²) in [6.07, 6.45) is -1.56. The van der Waals surface area contributed by atoms with E-state index in [-0.39, 0.29) is 24.0 Å². The maximum absolute atomic E-state index is 13.0. The first-order valence-corrected chi connectivity index (χ1v) is 12.1. The van der Waals surface area contributed by atoms with Crippen LogP contribution < -0.4 is 10.6 Å². The molecule has 36 heavy (non-hydrogen) atoms. The van der Waals surface area contributed by atoms with Crippen molar-refractivity contribution in [1.82, 2.24) is 20.6 Å². The minimum absolute atomic E-state index is 0.0224. The van der Waals surface area contributed by atoms with Gasteiger partial charge < -0.3 is 10.6 Å². The lowest BCUT2D eigenvalue weighted by Gasteiger charge is -2.14. The summed E-state index contributed by atoms with van der Waals surface area (Å²) in [6, 6.07) is 13.4. The van der Waals surface area contributed by atoms with Gasteiger partial charge in [0.05, 0.1) is 6.04 Å². The Morgan fingerprint density at radius 2 is 1.81 bits per heavy atom. The maximum atomic E-state index is 13.0. The fourth-order valence-electron chi connectivity index (χ4n) is 4.33. The zero-order valence-corrected chi connectivity index (χ0v) is 20.0. The summed E-state index contributed by atoms with van der Waals surface area (Å²) in [5.41, 5.74) is 4.23. The Morgan fingerprint density at radius 1 is 1.03 bits per heavy atom. The molecule has 6 nitrogen and oxygen atoms in total. The van der Waals surface area contributed by atoms with Gasteiger partial charge in [-0.3, -0.25) is 9.59 Å². The molecule has 0 saturated carbocycles. The monoisotopic (exact) mass is 510 g/mol. The summed E-state index contributed by atoms with van der Waals surface area (Å²) >= 11 is 0.661. The second-order valence-electron chi connectivity index (χ2n) is 8.72. The highest BCUT2D eigenvalue weighted by atomic mass is 32.1. The lowest BCUT2D eigenvalue weighted by molar-refractivity contribution is -0.134. The molecule has 2 aromatic carbocycles. The number of carbonyl (C=O) groups excluding carboxylic acids is 2. The van der Waals surface area contributed by atoms with Crippen molar-refractivity contribution in [3.63, 3.8) is 0 Å². The van der Waals surface area contributed by atoms with E-state index in [1.165, 1.54) is 17.2 Å². The number of nitrogens with one attached hydrogen (secondary N) is 2. The van der Waals surface area contributed by atoms with E-state index >= 15 is 0 Å². The Bertz CT molecular complexity index is 1480. The number of fused-ring (bicyclic) bond motifs is 2. The molecule has 10 heteroatoms. The van der Waals surface area contributed by atoms with Gasteiger partial charge in [-0.2, -0.15) is 13.2 Å². The third kappa shape index (κ3) is 4.94. The van der Waals surface area contributed by atoms with Gasteiger partial charge in [-0.15, -0.1) is 11.3 Å². The van der Waals surface area contributed by atoms with Crippen LogP contribution in [0.25, 0.3) is 10.1 Å². The van der Waals surface area contributed by atoms with Crippen LogP contribution in [0.5, 0.6) is 0 Å². The number of hydrogen-bond donors (Lipinski definition) is 2. The number of benzene rings is 2. The lowest BCUT2D eigenvalue weighted by atomic mass is 10.1. The average molecular weight is 511 g/mol. The number of amides is 2. The van der Waals surface area contributed by atoms with E-state index in [1.54, 1.807) is 18.2 Å². The number of alkyl halides is 3. The van der Waals surface area contributed by atoms with Crippen LogP contribution in [0, 0.1) is 6.92 Å². The van der Waals surface area contributed by atoms with E-state index in [2.05, 4.69) is 26.7 Å². The zero-order valence-electron chi connectivity index (χ0n) is 19.1. The molecule has 0 spiro atoms. The first kappa shape index (κ1) is 23.9. The second-order valence-corrected chi connectivity index (χ2v) is 9.80. The molecule has 1 atom stereocenters. The molecule has 0 unspecified atom stereocenters. The lowest BCUT2D eigenvalue weighted by Crippen LogP contribution is -2.29. The van der Waals surface area contributed by atoms with Crippen molar-refractivity contribution < 1.29 is 22.8 Å². The van der Waals surface area contributed by atoms with Crippen molar-refractivity contribution in [2.24, 2.45) is 0 Å². The van der Waals surface area contributed by atoms with Crippen molar-refractivity contribution in [2.45, 2.75) is 38.5 Å². The Labute approximate surface area is 208 Å². The van der Waals surface area contributed by atoms with Gasteiger partial charge in [-0.05, 0) is 54.0 Å². The highest BCUT2D eigenvalue weighted by Crippen LogP contribution is 2.38. The molecule has 1 aliphatic rings. The fourth-order valence-corrected chi connectivity index (χ4v) is 5.33. The van der Waals surface area contributed by atoms with Gasteiger partial charge in [0, 0.05) is 17.3 Å². The number of nitrogens with zero attached hydrogens (tertiary/aromatic N) is 2. The number of aryl methyl sites for hydroxylation is 2. The van der Waals surface area contributed by atoms with E-state index in [9.17, 15) is 22.8 Å². The molecule has 2 heterocycles. The van der Waals surface area contributed by atoms with E-state index in [0.29, 0.717) is 27.0 Å². The van der Waals surface area contributed by atoms with Crippen LogP contribution in [0.1, 0.15) is 60.6 Å². The molecule has 0 bridgehead atoms. The van der Waals surface area contributed by atoms with Crippen LogP contribution in [0.3, 0.4) is 0 Å². The first-order chi connectivity index (χ1) is 17.2. The molecule has 0 radical (unpaired) electrons. The normalized spacial score (nSPS) is 15.1. The smallest absolute Gasteiger partial charge is 0.347 e. The quantitative estimate of drug-likeness (QED) is 0.378. The molecule has 5 rings (SSSR count). The Morgan fingerprint density at radius 3 is 2.58 bits per heavy atom. The van der Waals surface area contributed by atoms with Gasteiger partial charge in [0.1, 0.15) is 22.6 Å². The van der Waals surface area contributed by atoms with Gasteiger partial charge in [0.2, 0.25) is 0 Å². The summed E-state index contributed by atoms with van der Waals surface area (Å²) in [7, 11) is 0. The number of carbonyl (C=O) groups is 2. The van der Waals surface area contributed by atoms with Gasteiger partial charge in [-0.1, -0.05) is 35.9 Å². The number of thiophene rings is 1. The average Bonchev–Trinajstić information content (AvgIpc) is 3.46. The Kier molecular flexibility index (Phi) is 6.21. The molecule has 1 aliphatic carbocycles. The summed E-state index contributed by atoms with van der Waals surface area (Å²) in [5, 5.41) is 6.17. The van der Waals surface area contributed by atoms with Crippen LogP contribution in [-0.2, 0) is 19.1 Å². The molecule has 2 N–H and O–H groups in total. The summed E-state index contributed by atoms with van der Waals surface area (Å²) < 4.78 is 39.4. The third-order valence-electron chi connectivity index (χ3n) is 6.13. The molecule has 0 saturated heterocycles. The molecule has 0 aliphatic heterocycles. The van der Waals surface area contributed by atoms with Crippen LogP contribution in [0.4, 0.5) is 13.2 Å². The molecular formula is C26H21F3N4O2S. The van der Waals surface area contributed by atoms with E-state index in [0.717, 1.165) is 30.8 Å². The standard InChI is InChI=1S/C26H21F3N4O2S/c1-14-2-6-18-16(8-14)5-7-19(18)33-25(35)21-11-20(31-13-32-21)24(34)30-12-15-3-4-17-10-23(26(27,28)29)36-22(17)9-15/h2-4,6,8-11,13,19H,5,7,12H2,1H3,(H,30,34)(H,33,35)/t19-/m1/s1. The zero-order chi connectivity index (χ0) is 25.4. The summed E-state index contributed by atoms with van der Waals surface area (Å²) in [5.74, 6) is -0.913. The van der Waals surface area contributed by atoms with Crippen LogP contribution in [0.15, 0.2) is 54.9 Å². The van der Waals surface area contributed by atoms with Gasteiger partial charge in [0.15, 0.2) is 0 Å². The molecule has 184 valence electrons. The van der Waals surface area contributed by atoms with E-state index in [1.807, 2.05) is 19.1 Å². The second kappa shape index (κ2) is 9.34. The van der Waals surface area contributed by atoms with Crippen molar-refractivity contribution in [3.8, 4) is 0 Å². The SMILES string of the molecule is Cc1ccc2c(c1)CC[C@H]2NC(=O)c1cc(C(=O)NCc2ccc3cc(C(F)(F)F)sc3c2)ncn1.